The molecular weight excluding hydrogens is 215 g/mol. The first-order valence-electron chi connectivity index (χ1n) is 6.07. The topological polar surface area (TPSA) is 17.8 Å². The normalized spacial score (nSPS) is 19.1. The van der Waals surface area contributed by atoms with Crippen molar-refractivity contribution in [3.8, 4) is 11.3 Å². The second-order valence-electron chi connectivity index (χ2n) is 4.73. The molecule has 0 N–H and O–H groups in total. The molecule has 0 fully saturated rings. The van der Waals surface area contributed by atoms with Crippen LogP contribution in [0, 0.1) is 5.82 Å². The fourth-order valence-electron chi connectivity index (χ4n) is 2.49. The van der Waals surface area contributed by atoms with Crippen molar-refractivity contribution >= 4 is 0 Å². The molecule has 0 amide bonds. The molecule has 0 saturated heterocycles. The summed E-state index contributed by atoms with van der Waals surface area (Å²) in [5, 5.41) is 0. The summed E-state index contributed by atoms with van der Waals surface area (Å²) in [6.07, 6.45) is 4.44. The molecule has 0 saturated carbocycles. The standard InChI is InChI=1S/C14H15FN2/c1-10-4-3-7-17-9-13(16-14(10)17)11-5-2-6-12(15)8-11/h2,5-6,8-10H,3-4,7H2,1H3/t10-/m0/s1. The highest BCUT2D eigenvalue weighted by molar-refractivity contribution is 5.58. The van der Waals surface area contributed by atoms with Crippen molar-refractivity contribution in [2.24, 2.45) is 0 Å². The number of hydrogen-bond donors (Lipinski definition) is 0. The molecule has 3 heteroatoms. The summed E-state index contributed by atoms with van der Waals surface area (Å²) in [7, 11) is 0. The SMILES string of the molecule is C[C@H]1CCCn2cc(-c3cccc(F)c3)nc21. The number of halogens is 1. The Morgan fingerprint density at radius 1 is 1.41 bits per heavy atom. The second-order valence-corrected chi connectivity index (χ2v) is 4.73. The average Bonchev–Trinajstić information content (AvgIpc) is 2.74. The summed E-state index contributed by atoms with van der Waals surface area (Å²) in [4.78, 5) is 4.64. The Balaban J connectivity index is 2.05. The van der Waals surface area contributed by atoms with E-state index in [1.165, 1.54) is 18.9 Å². The van der Waals surface area contributed by atoms with Crippen LogP contribution in [0.2, 0.25) is 0 Å². The maximum Gasteiger partial charge on any atom is 0.123 e. The van der Waals surface area contributed by atoms with Gasteiger partial charge < -0.3 is 4.57 Å². The predicted octanol–water partition coefficient (Wildman–Crippen LogP) is 3.59. The van der Waals surface area contributed by atoms with Crippen molar-refractivity contribution in [1.82, 2.24) is 9.55 Å². The fourth-order valence-corrected chi connectivity index (χ4v) is 2.49. The Hall–Kier alpha value is -1.64. The van der Waals surface area contributed by atoms with E-state index < -0.39 is 0 Å². The lowest BCUT2D eigenvalue weighted by Gasteiger charge is -2.19. The number of nitrogens with zero attached hydrogens (tertiary/aromatic N) is 2. The van der Waals surface area contributed by atoms with Gasteiger partial charge in [0.05, 0.1) is 5.69 Å². The molecule has 1 aromatic carbocycles. The van der Waals surface area contributed by atoms with Gasteiger partial charge in [0.15, 0.2) is 0 Å². The van der Waals surface area contributed by atoms with Gasteiger partial charge in [-0.25, -0.2) is 9.37 Å². The quantitative estimate of drug-likeness (QED) is 0.732. The Morgan fingerprint density at radius 2 is 2.29 bits per heavy atom. The Labute approximate surface area is 100 Å². The number of rotatable bonds is 1. The molecular formula is C14H15FN2. The van der Waals surface area contributed by atoms with Crippen molar-refractivity contribution in [2.75, 3.05) is 0 Å². The summed E-state index contributed by atoms with van der Waals surface area (Å²) in [6, 6.07) is 6.63. The zero-order chi connectivity index (χ0) is 11.8. The molecule has 1 aliphatic heterocycles. The van der Waals surface area contributed by atoms with Gasteiger partial charge in [-0.1, -0.05) is 19.1 Å². The minimum Gasteiger partial charge on any atom is -0.334 e. The third-order valence-electron chi connectivity index (χ3n) is 3.40. The van der Waals surface area contributed by atoms with Crippen LogP contribution in [0.25, 0.3) is 11.3 Å². The van der Waals surface area contributed by atoms with Crippen LogP contribution in [0.5, 0.6) is 0 Å². The third kappa shape index (κ3) is 1.86. The van der Waals surface area contributed by atoms with Crippen molar-refractivity contribution in [3.05, 3.63) is 42.1 Å². The summed E-state index contributed by atoms with van der Waals surface area (Å²) in [5.74, 6) is 1.43. The van der Waals surface area contributed by atoms with Gasteiger partial charge in [0.1, 0.15) is 11.6 Å². The summed E-state index contributed by atoms with van der Waals surface area (Å²) in [5.41, 5.74) is 1.74. The predicted molar refractivity (Wildman–Crippen MR) is 65.3 cm³/mol. The van der Waals surface area contributed by atoms with E-state index in [9.17, 15) is 4.39 Å². The number of aryl methyl sites for hydroxylation is 1. The number of benzene rings is 1. The monoisotopic (exact) mass is 230 g/mol. The summed E-state index contributed by atoms with van der Waals surface area (Å²) >= 11 is 0. The molecule has 0 spiro atoms. The molecule has 1 aromatic heterocycles. The van der Waals surface area contributed by atoms with E-state index in [1.54, 1.807) is 12.1 Å². The van der Waals surface area contributed by atoms with Gasteiger partial charge >= 0.3 is 0 Å². The lowest BCUT2D eigenvalue weighted by Crippen LogP contribution is -2.12. The molecule has 1 atom stereocenters. The van der Waals surface area contributed by atoms with E-state index in [2.05, 4.69) is 16.5 Å². The molecule has 0 unspecified atom stereocenters. The van der Waals surface area contributed by atoms with E-state index >= 15 is 0 Å². The van der Waals surface area contributed by atoms with E-state index in [0.29, 0.717) is 5.92 Å². The molecule has 0 aliphatic carbocycles. The molecule has 1 aliphatic rings. The average molecular weight is 230 g/mol. The van der Waals surface area contributed by atoms with Crippen LogP contribution in [-0.4, -0.2) is 9.55 Å². The number of fused-ring (bicyclic) bond motifs is 1. The van der Waals surface area contributed by atoms with Crippen LogP contribution in [0.3, 0.4) is 0 Å². The van der Waals surface area contributed by atoms with E-state index in [-0.39, 0.29) is 5.82 Å². The van der Waals surface area contributed by atoms with Gasteiger partial charge in [0.2, 0.25) is 0 Å². The molecule has 2 aromatic rings. The number of aromatic nitrogens is 2. The highest BCUT2D eigenvalue weighted by Crippen LogP contribution is 2.29. The van der Waals surface area contributed by atoms with E-state index in [0.717, 1.165) is 23.6 Å². The first-order valence-corrected chi connectivity index (χ1v) is 6.07. The molecule has 2 heterocycles. The van der Waals surface area contributed by atoms with E-state index in [1.807, 2.05) is 12.3 Å². The molecule has 17 heavy (non-hydrogen) atoms. The van der Waals surface area contributed by atoms with Crippen LogP contribution >= 0.6 is 0 Å². The first-order chi connectivity index (χ1) is 8.24. The van der Waals surface area contributed by atoms with Crippen molar-refractivity contribution in [3.63, 3.8) is 0 Å². The van der Waals surface area contributed by atoms with Crippen LogP contribution < -0.4 is 0 Å². The Morgan fingerprint density at radius 3 is 3.06 bits per heavy atom. The fraction of sp³-hybridized carbons (Fsp3) is 0.357. The molecule has 88 valence electrons. The third-order valence-corrected chi connectivity index (χ3v) is 3.40. The largest absolute Gasteiger partial charge is 0.334 e. The molecule has 3 rings (SSSR count). The van der Waals surface area contributed by atoms with Crippen LogP contribution in [0.15, 0.2) is 30.5 Å². The van der Waals surface area contributed by atoms with Crippen LogP contribution in [0.4, 0.5) is 4.39 Å². The lowest BCUT2D eigenvalue weighted by atomic mass is 10.0. The van der Waals surface area contributed by atoms with Crippen molar-refractivity contribution in [2.45, 2.75) is 32.2 Å². The maximum absolute atomic E-state index is 13.2. The Kier molecular flexibility index (Phi) is 2.46. The smallest absolute Gasteiger partial charge is 0.123 e. The van der Waals surface area contributed by atoms with Gasteiger partial charge in [0, 0.05) is 24.2 Å². The van der Waals surface area contributed by atoms with Gasteiger partial charge in [-0.15, -0.1) is 0 Å². The minimum absolute atomic E-state index is 0.207. The molecule has 0 bridgehead atoms. The van der Waals surface area contributed by atoms with E-state index in [4.69, 9.17) is 0 Å². The maximum atomic E-state index is 13.2. The van der Waals surface area contributed by atoms with Crippen LogP contribution in [0.1, 0.15) is 31.5 Å². The van der Waals surface area contributed by atoms with Gasteiger partial charge in [-0.3, -0.25) is 0 Å². The zero-order valence-corrected chi connectivity index (χ0v) is 9.86. The van der Waals surface area contributed by atoms with Gasteiger partial charge in [0.25, 0.3) is 0 Å². The first kappa shape index (κ1) is 10.5. The van der Waals surface area contributed by atoms with Crippen molar-refractivity contribution < 1.29 is 4.39 Å². The summed E-state index contributed by atoms with van der Waals surface area (Å²) < 4.78 is 15.4. The lowest BCUT2D eigenvalue weighted by molar-refractivity contribution is 0.463. The summed E-state index contributed by atoms with van der Waals surface area (Å²) in [6.45, 7) is 3.23. The molecule has 0 radical (unpaired) electrons. The number of hydrogen-bond acceptors (Lipinski definition) is 1. The zero-order valence-electron chi connectivity index (χ0n) is 9.86. The number of imidazole rings is 1. The van der Waals surface area contributed by atoms with Crippen molar-refractivity contribution in [1.29, 1.82) is 0 Å². The van der Waals surface area contributed by atoms with Crippen LogP contribution in [-0.2, 0) is 6.54 Å². The van der Waals surface area contributed by atoms with Gasteiger partial charge in [-0.05, 0) is 25.0 Å². The van der Waals surface area contributed by atoms with Gasteiger partial charge in [-0.2, -0.15) is 0 Å². The second kappa shape index (κ2) is 3.99. The highest BCUT2D eigenvalue weighted by Gasteiger charge is 2.19. The Bertz CT molecular complexity index is 545. The molecule has 2 nitrogen and oxygen atoms in total. The minimum atomic E-state index is -0.207. The highest BCUT2D eigenvalue weighted by atomic mass is 19.1.